The van der Waals surface area contributed by atoms with E-state index < -0.39 is 12.2 Å². The van der Waals surface area contributed by atoms with E-state index in [4.69, 9.17) is 0 Å². The number of ether oxygens (including phenoxy) is 2. The molecule has 0 radical (unpaired) electrons. The quantitative estimate of drug-likeness (QED) is 0.755. The molecule has 1 aliphatic heterocycles. The monoisotopic (exact) mass is 264 g/mol. The molecule has 18 heavy (non-hydrogen) atoms. The summed E-state index contributed by atoms with van der Waals surface area (Å²) in [5, 5.41) is 0. The van der Waals surface area contributed by atoms with E-state index in [0.717, 1.165) is 5.56 Å². The van der Waals surface area contributed by atoms with Crippen LogP contribution in [0.25, 0.3) is 0 Å². The van der Waals surface area contributed by atoms with Crippen molar-refractivity contribution in [1.82, 2.24) is 0 Å². The van der Waals surface area contributed by atoms with Gasteiger partial charge in [0.25, 0.3) is 0 Å². The zero-order chi connectivity index (χ0) is 13.6. The van der Waals surface area contributed by atoms with Crippen LogP contribution in [0.5, 0.6) is 11.5 Å². The number of alkyl halides is 4. The molecule has 1 aliphatic rings. The first-order chi connectivity index (χ1) is 8.21. The minimum absolute atomic E-state index is 0.314. The van der Waals surface area contributed by atoms with Crippen LogP contribution in [-0.2, 0) is 6.42 Å². The molecule has 0 fully saturated rings. The van der Waals surface area contributed by atoms with Gasteiger partial charge in [0.2, 0.25) is 0 Å². The van der Waals surface area contributed by atoms with E-state index in [1.165, 1.54) is 12.1 Å². The van der Waals surface area contributed by atoms with Crippen molar-refractivity contribution in [3.8, 4) is 11.5 Å². The Bertz CT molecular complexity index is 457. The van der Waals surface area contributed by atoms with E-state index in [-0.39, 0.29) is 11.5 Å². The highest BCUT2D eigenvalue weighted by atomic mass is 19.3. The molecule has 0 atom stereocenters. The first kappa shape index (κ1) is 13.0. The van der Waals surface area contributed by atoms with Crippen LogP contribution >= 0.6 is 0 Å². The number of hydrogen-bond acceptors (Lipinski definition) is 2. The third kappa shape index (κ3) is 2.23. The summed E-state index contributed by atoms with van der Waals surface area (Å²) in [4.78, 5) is 0. The van der Waals surface area contributed by atoms with Gasteiger partial charge in [-0.25, -0.2) is 0 Å². The van der Waals surface area contributed by atoms with Gasteiger partial charge in [-0.2, -0.15) is 17.6 Å². The predicted octanol–water partition coefficient (Wildman–Crippen LogP) is 3.84. The van der Waals surface area contributed by atoms with Crippen LogP contribution in [0.15, 0.2) is 18.2 Å². The van der Waals surface area contributed by atoms with Crippen LogP contribution in [0.1, 0.15) is 19.4 Å². The van der Waals surface area contributed by atoms with Gasteiger partial charge in [0.15, 0.2) is 11.5 Å². The van der Waals surface area contributed by atoms with Gasteiger partial charge in [-0.3, -0.25) is 0 Å². The fraction of sp³-hybridized carbons (Fsp3) is 0.500. The zero-order valence-electron chi connectivity index (χ0n) is 9.84. The topological polar surface area (TPSA) is 18.5 Å². The Morgan fingerprint density at radius 2 is 1.56 bits per heavy atom. The Balaban J connectivity index is 2.33. The molecule has 1 heterocycles. The maximum atomic E-state index is 13.0. The van der Waals surface area contributed by atoms with Gasteiger partial charge < -0.3 is 9.47 Å². The van der Waals surface area contributed by atoms with Crippen molar-refractivity contribution < 1.29 is 27.0 Å². The number of halogens is 4. The minimum atomic E-state index is -4.66. The maximum Gasteiger partial charge on any atom is 0.507 e. The third-order valence-corrected chi connectivity index (χ3v) is 2.47. The van der Waals surface area contributed by atoms with Crippen molar-refractivity contribution in [1.29, 1.82) is 0 Å². The molecule has 2 nitrogen and oxygen atoms in total. The van der Waals surface area contributed by atoms with E-state index in [1.54, 1.807) is 6.07 Å². The van der Waals surface area contributed by atoms with Crippen LogP contribution in [0.3, 0.4) is 0 Å². The lowest BCUT2D eigenvalue weighted by Gasteiger charge is -2.32. The van der Waals surface area contributed by atoms with Crippen LogP contribution in [-0.4, -0.2) is 12.2 Å². The molecule has 1 aromatic carbocycles. The summed E-state index contributed by atoms with van der Waals surface area (Å²) >= 11 is 0. The molecular weight excluding hydrogens is 252 g/mol. The van der Waals surface area contributed by atoms with Crippen molar-refractivity contribution >= 4 is 0 Å². The highest BCUT2D eigenvalue weighted by Crippen LogP contribution is 2.47. The molecule has 0 saturated heterocycles. The Morgan fingerprint density at radius 1 is 1.00 bits per heavy atom. The third-order valence-electron chi connectivity index (χ3n) is 2.47. The van der Waals surface area contributed by atoms with Crippen LogP contribution in [0.2, 0.25) is 0 Å². The second-order valence-electron chi connectivity index (χ2n) is 4.62. The Hall–Kier alpha value is -1.46. The smallest absolute Gasteiger partial charge is 0.421 e. The van der Waals surface area contributed by atoms with Crippen molar-refractivity contribution in [3.63, 3.8) is 0 Å². The number of benzene rings is 1. The first-order valence-electron chi connectivity index (χ1n) is 5.48. The summed E-state index contributed by atoms with van der Waals surface area (Å²) in [6.45, 7) is 3.92. The second-order valence-corrected chi connectivity index (χ2v) is 4.62. The van der Waals surface area contributed by atoms with Gasteiger partial charge in [0.05, 0.1) is 0 Å². The van der Waals surface area contributed by atoms with Gasteiger partial charge >= 0.3 is 12.2 Å². The lowest BCUT2D eigenvalue weighted by atomic mass is 10.0. The van der Waals surface area contributed by atoms with Crippen molar-refractivity contribution in [2.75, 3.05) is 0 Å². The predicted molar refractivity (Wildman–Crippen MR) is 56.1 cm³/mol. The summed E-state index contributed by atoms with van der Waals surface area (Å²) in [6, 6.07) is 4.08. The highest BCUT2D eigenvalue weighted by molar-refractivity contribution is 5.44. The van der Waals surface area contributed by atoms with Crippen LogP contribution < -0.4 is 9.47 Å². The van der Waals surface area contributed by atoms with E-state index in [2.05, 4.69) is 9.47 Å². The Kier molecular flexibility index (Phi) is 2.91. The van der Waals surface area contributed by atoms with Gasteiger partial charge in [0.1, 0.15) is 0 Å². The van der Waals surface area contributed by atoms with Crippen molar-refractivity contribution in [2.24, 2.45) is 5.92 Å². The molecule has 1 aromatic rings. The van der Waals surface area contributed by atoms with E-state index in [1.807, 2.05) is 13.8 Å². The second kappa shape index (κ2) is 4.03. The summed E-state index contributed by atoms with van der Waals surface area (Å²) in [6.07, 6.45) is -8.67. The molecule has 0 bridgehead atoms. The zero-order valence-corrected chi connectivity index (χ0v) is 9.84. The Labute approximate surface area is 102 Å². The molecule has 0 aromatic heterocycles. The average Bonchev–Trinajstić information content (AvgIpc) is 2.18. The molecule has 100 valence electrons. The molecule has 0 aliphatic carbocycles. The van der Waals surface area contributed by atoms with Crippen molar-refractivity contribution in [3.05, 3.63) is 23.8 Å². The molecule has 0 unspecified atom stereocenters. The standard InChI is InChI=1S/C12H12F4O2/c1-7(2)5-8-3-4-9-10(6-8)18-12(15,16)11(13,14)17-9/h3-4,6-7H,5H2,1-2H3. The fourth-order valence-corrected chi connectivity index (χ4v) is 1.71. The average molecular weight is 264 g/mol. The van der Waals surface area contributed by atoms with Crippen molar-refractivity contribution in [2.45, 2.75) is 32.5 Å². The summed E-state index contributed by atoms with van der Waals surface area (Å²) in [5.41, 5.74) is 0.730. The largest absolute Gasteiger partial charge is 0.507 e. The number of rotatable bonds is 2. The molecular formula is C12H12F4O2. The normalized spacial score (nSPS) is 19.9. The highest BCUT2D eigenvalue weighted by Gasteiger charge is 2.65. The molecule has 0 N–H and O–H groups in total. The van der Waals surface area contributed by atoms with Gasteiger partial charge in [-0.1, -0.05) is 19.9 Å². The van der Waals surface area contributed by atoms with E-state index in [9.17, 15) is 17.6 Å². The Morgan fingerprint density at radius 3 is 2.11 bits per heavy atom. The summed E-state index contributed by atoms with van der Waals surface area (Å²) in [7, 11) is 0. The van der Waals surface area contributed by atoms with Crippen LogP contribution in [0, 0.1) is 5.92 Å². The number of fused-ring (bicyclic) bond motifs is 1. The molecule has 6 heteroatoms. The molecule has 0 amide bonds. The lowest BCUT2D eigenvalue weighted by molar-refractivity contribution is -0.391. The minimum Gasteiger partial charge on any atom is -0.421 e. The summed E-state index contributed by atoms with van der Waals surface area (Å²) in [5.74, 6) is -0.419. The summed E-state index contributed by atoms with van der Waals surface area (Å²) < 4.78 is 59.7. The van der Waals surface area contributed by atoms with Gasteiger partial charge in [0, 0.05) is 0 Å². The van der Waals surface area contributed by atoms with Crippen LogP contribution in [0.4, 0.5) is 17.6 Å². The SMILES string of the molecule is CC(C)Cc1ccc2c(c1)OC(F)(F)C(F)(F)O2. The lowest BCUT2D eigenvalue weighted by Crippen LogP contribution is -2.52. The maximum absolute atomic E-state index is 13.0. The van der Waals surface area contributed by atoms with Gasteiger partial charge in [-0.05, 0) is 30.0 Å². The molecule has 0 spiro atoms. The van der Waals surface area contributed by atoms with E-state index >= 15 is 0 Å². The first-order valence-corrected chi connectivity index (χ1v) is 5.48. The number of hydrogen-bond donors (Lipinski definition) is 0. The molecule has 0 saturated carbocycles. The molecule has 2 rings (SSSR count). The van der Waals surface area contributed by atoms with Gasteiger partial charge in [-0.15, -0.1) is 0 Å². The fourth-order valence-electron chi connectivity index (χ4n) is 1.71. The van der Waals surface area contributed by atoms with E-state index in [0.29, 0.717) is 12.3 Å².